The lowest BCUT2D eigenvalue weighted by atomic mass is 9.98. The molecular formula is C45H50N10O6. The number of anilines is 3. The van der Waals surface area contributed by atoms with Crippen LogP contribution in [0.2, 0.25) is 0 Å². The van der Waals surface area contributed by atoms with Crippen molar-refractivity contribution >= 4 is 40.0 Å². The number of phenols is 3. The average Bonchev–Trinajstić information content (AvgIpc) is 3.65. The van der Waals surface area contributed by atoms with E-state index in [9.17, 15) is 29.7 Å². The number of rotatable bonds is 12. The summed E-state index contributed by atoms with van der Waals surface area (Å²) in [6.07, 6.45) is 1.34. The fourth-order valence-electron chi connectivity index (χ4n) is 8.18. The first kappa shape index (κ1) is 40.7. The van der Waals surface area contributed by atoms with Crippen LogP contribution in [0.15, 0.2) is 77.6 Å². The van der Waals surface area contributed by atoms with Crippen molar-refractivity contribution in [2.45, 2.75) is 59.0 Å². The molecule has 0 unspecified atom stereocenters. The minimum atomic E-state index is -0.495. The number of piperazine rings is 1. The third kappa shape index (κ3) is 8.51. The van der Waals surface area contributed by atoms with Crippen LogP contribution >= 0.6 is 0 Å². The average molecular weight is 827 g/mol. The highest BCUT2D eigenvalue weighted by molar-refractivity contribution is 5.95. The van der Waals surface area contributed by atoms with Crippen molar-refractivity contribution in [3.05, 3.63) is 106 Å². The van der Waals surface area contributed by atoms with E-state index in [0.29, 0.717) is 74.9 Å². The second-order valence-electron chi connectivity index (χ2n) is 15.8. The Balaban J connectivity index is 0.937. The van der Waals surface area contributed by atoms with Gasteiger partial charge in [-0.1, -0.05) is 57.2 Å². The summed E-state index contributed by atoms with van der Waals surface area (Å²) in [7, 11) is 0. The van der Waals surface area contributed by atoms with Gasteiger partial charge in [0.25, 0.3) is 0 Å². The molecule has 2 amide bonds. The van der Waals surface area contributed by atoms with Gasteiger partial charge in [-0.3, -0.25) is 9.59 Å². The Morgan fingerprint density at radius 1 is 0.885 bits per heavy atom. The maximum absolute atomic E-state index is 13.1. The molecule has 0 aliphatic carbocycles. The van der Waals surface area contributed by atoms with Crippen LogP contribution in [0.4, 0.5) is 17.5 Å². The van der Waals surface area contributed by atoms with E-state index >= 15 is 0 Å². The van der Waals surface area contributed by atoms with Crippen LogP contribution in [0.5, 0.6) is 17.2 Å². The number of nitrogens with zero attached hydrogens (tertiary/aromatic N) is 7. The van der Waals surface area contributed by atoms with Gasteiger partial charge >= 0.3 is 5.69 Å². The molecule has 1 saturated heterocycles. The predicted octanol–water partition coefficient (Wildman–Crippen LogP) is 5.15. The molecule has 1 fully saturated rings. The van der Waals surface area contributed by atoms with Crippen LogP contribution in [-0.2, 0) is 29.1 Å². The number of aromatic nitrogens is 5. The van der Waals surface area contributed by atoms with Gasteiger partial charge in [-0.15, -0.1) is 0 Å². The number of hydrogen-bond acceptors (Lipinski definition) is 12. The zero-order valence-corrected chi connectivity index (χ0v) is 34.5. The molecule has 0 radical (unpaired) electrons. The number of amides is 2. The lowest BCUT2D eigenvalue weighted by Gasteiger charge is -2.38. The summed E-state index contributed by atoms with van der Waals surface area (Å²) in [5.41, 5.74) is 4.60. The maximum atomic E-state index is 13.1. The van der Waals surface area contributed by atoms with Crippen molar-refractivity contribution in [3.63, 3.8) is 0 Å². The number of phenolic OH excluding ortho intramolecular Hbond substituents is 3. The summed E-state index contributed by atoms with van der Waals surface area (Å²) in [5.74, 6) is 1.35. The van der Waals surface area contributed by atoms with Crippen molar-refractivity contribution in [1.82, 2.24) is 34.9 Å². The molecule has 0 spiro atoms. The Hall–Kier alpha value is -7.10. The van der Waals surface area contributed by atoms with Crippen LogP contribution in [-0.4, -0.2) is 96.0 Å². The van der Waals surface area contributed by atoms with E-state index in [0.717, 1.165) is 39.1 Å². The van der Waals surface area contributed by atoms with Gasteiger partial charge in [-0.05, 0) is 53.1 Å². The third-order valence-electron chi connectivity index (χ3n) is 11.4. The van der Waals surface area contributed by atoms with E-state index in [2.05, 4.69) is 36.7 Å². The van der Waals surface area contributed by atoms with Crippen molar-refractivity contribution in [3.8, 4) is 34.3 Å². The van der Waals surface area contributed by atoms with Crippen LogP contribution in [0.3, 0.4) is 0 Å². The van der Waals surface area contributed by atoms with Gasteiger partial charge in [-0.2, -0.15) is 10.1 Å². The third-order valence-corrected chi connectivity index (χ3v) is 11.4. The van der Waals surface area contributed by atoms with Gasteiger partial charge < -0.3 is 40.7 Å². The number of carbonyl (C=O) groups excluding carboxylic acids is 2. The van der Waals surface area contributed by atoms with Crippen LogP contribution in [0.1, 0.15) is 61.9 Å². The number of nitrogens with one attached hydrogen (secondary N) is 3. The summed E-state index contributed by atoms with van der Waals surface area (Å²) in [6.45, 7) is 10.0. The molecule has 4 aromatic carbocycles. The molecule has 6 N–H and O–H groups in total. The highest BCUT2D eigenvalue weighted by atomic mass is 16.3. The zero-order valence-electron chi connectivity index (χ0n) is 34.5. The van der Waals surface area contributed by atoms with Crippen LogP contribution in [0, 0.1) is 0 Å². The molecule has 2 aliphatic rings. The minimum Gasteiger partial charge on any atom is -0.508 e. The first-order valence-corrected chi connectivity index (χ1v) is 20.7. The van der Waals surface area contributed by atoms with E-state index in [1.54, 1.807) is 42.5 Å². The fourth-order valence-corrected chi connectivity index (χ4v) is 8.18. The van der Waals surface area contributed by atoms with Crippen molar-refractivity contribution in [2.75, 3.05) is 54.4 Å². The quantitative estimate of drug-likeness (QED) is 0.0949. The molecule has 0 saturated carbocycles. The van der Waals surface area contributed by atoms with Gasteiger partial charge in [0.1, 0.15) is 23.1 Å². The standard InChI is InChI=1S/C45H50N10O6/c1-4-41(60)52-17-19-53(20-18-52)42-33-14-16-54(37-22-31(56)21-29-7-5-6-8-32(29)37)26-36(33)48-44(49-42)46-15-13-40(59)47-25-28-9-11-30(12-10-28)55-43(50-51-45(55)61)35-23-34(27(2)3)38(57)24-39(35)58/h5-12,21-24,27,56-58H,4,13-20,25-26H2,1-3H3,(H,47,59)(H,51,61)(H,46,48,49). The van der Waals surface area contributed by atoms with Gasteiger partial charge in [-0.25, -0.2) is 19.4 Å². The Bertz CT molecular complexity index is 2650. The van der Waals surface area contributed by atoms with Gasteiger partial charge in [0.15, 0.2) is 5.82 Å². The Morgan fingerprint density at radius 3 is 2.41 bits per heavy atom. The Kier molecular flexibility index (Phi) is 11.5. The molecule has 2 aliphatic heterocycles. The highest BCUT2D eigenvalue weighted by Crippen LogP contribution is 2.38. The van der Waals surface area contributed by atoms with Crippen molar-refractivity contribution < 1.29 is 24.9 Å². The normalized spacial score (nSPS) is 14.1. The minimum absolute atomic E-state index is 0.0314. The van der Waals surface area contributed by atoms with E-state index < -0.39 is 5.69 Å². The van der Waals surface area contributed by atoms with Crippen molar-refractivity contribution in [1.29, 1.82) is 0 Å². The molecule has 2 aromatic heterocycles. The number of hydrogen-bond donors (Lipinski definition) is 6. The topological polar surface area (TPSA) is 205 Å². The molecule has 4 heterocycles. The SMILES string of the molecule is CCC(=O)N1CCN(c2nc(NCCC(=O)NCc3ccc(-n4c(-c5cc(C(C)C)c(O)cc5O)n[nH]c4=O)cc3)nc3c2CCN(c2cc(O)cc4ccccc24)C3)CC1. The lowest BCUT2D eigenvalue weighted by molar-refractivity contribution is -0.131. The molecule has 0 bridgehead atoms. The monoisotopic (exact) mass is 826 g/mol. The molecule has 8 rings (SSSR count). The molecule has 316 valence electrons. The fraction of sp³-hybridized carbons (Fsp3) is 0.333. The Labute approximate surface area is 352 Å². The smallest absolute Gasteiger partial charge is 0.348 e. The number of aromatic amines is 1. The second-order valence-corrected chi connectivity index (χ2v) is 15.8. The van der Waals surface area contributed by atoms with Crippen LogP contribution in [0.25, 0.3) is 27.8 Å². The maximum Gasteiger partial charge on any atom is 0.348 e. The highest BCUT2D eigenvalue weighted by Gasteiger charge is 2.29. The van der Waals surface area contributed by atoms with E-state index in [1.807, 2.05) is 43.9 Å². The predicted molar refractivity (Wildman–Crippen MR) is 233 cm³/mol. The summed E-state index contributed by atoms with van der Waals surface area (Å²) >= 11 is 0. The molecule has 61 heavy (non-hydrogen) atoms. The summed E-state index contributed by atoms with van der Waals surface area (Å²) in [4.78, 5) is 54.7. The largest absolute Gasteiger partial charge is 0.508 e. The van der Waals surface area contributed by atoms with Crippen LogP contribution < -0.4 is 26.1 Å². The van der Waals surface area contributed by atoms with Gasteiger partial charge in [0.05, 0.1) is 23.5 Å². The summed E-state index contributed by atoms with van der Waals surface area (Å²) in [5, 5.41) is 46.4. The molecule has 16 heteroatoms. The molecule has 0 atom stereocenters. The van der Waals surface area contributed by atoms with Crippen molar-refractivity contribution in [2.24, 2.45) is 0 Å². The number of aromatic hydroxyl groups is 3. The molecule has 6 aromatic rings. The van der Waals surface area contributed by atoms with E-state index in [4.69, 9.17) is 9.97 Å². The zero-order chi connectivity index (χ0) is 42.8. The first-order chi connectivity index (χ1) is 29.5. The van der Waals surface area contributed by atoms with Gasteiger partial charge in [0.2, 0.25) is 17.8 Å². The summed E-state index contributed by atoms with van der Waals surface area (Å²) < 4.78 is 1.35. The lowest BCUT2D eigenvalue weighted by Crippen LogP contribution is -2.49. The second kappa shape index (κ2) is 17.2. The Morgan fingerprint density at radius 2 is 1.66 bits per heavy atom. The number of carbonyl (C=O) groups is 2. The first-order valence-electron chi connectivity index (χ1n) is 20.7. The van der Waals surface area contributed by atoms with E-state index in [-0.39, 0.29) is 60.3 Å². The van der Waals surface area contributed by atoms with E-state index in [1.165, 1.54) is 10.6 Å². The molecule has 16 nitrogen and oxygen atoms in total. The number of H-pyrrole nitrogens is 1. The van der Waals surface area contributed by atoms with Gasteiger partial charge in [0, 0.05) is 87.4 Å². The molecular weight excluding hydrogens is 777 g/mol. The number of fused-ring (bicyclic) bond motifs is 2. The summed E-state index contributed by atoms with van der Waals surface area (Å²) in [6, 6.07) is 21.5. The number of benzene rings is 4.